The molecule has 3 aromatic carbocycles. The third kappa shape index (κ3) is 38.5. The molecule has 0 aliphatic carbocycles. The van der Waals surface area contributed by atoms with Gasteiger partial charge in [0.05, 0.1) is 12.5 Å². The Bertz CT molecular complexity index is 1210. The van der Waals surface area contributed by atoms with Crippen molar-refractivity contribution in [2.45, 2.75) is 193 Å². The van der Waals surface area contributed by atoms with Crippen molar-refractivity contribution in [1.29, 1.82) is 0 Å². The first-order chi connectivity index (χ1) is 25.7. The van der Waals surface area contributed by atoms with E-state index in [9.17, 15) is 9.59 Å². The van der Waals surface area contributed by atoms with Gasteiger partial charge in [0, 0.05) is 1.43 Å². The molecule has 310 valence electrons. The number of carbonyl (C=O) groups excluding carboxylic acids is 2. The molecular formula is C51H88O3. The van der Waals surface area contributed by atoms with E-state index < -0.39 is 0 Å². The summed E-state index contributed by atoms with van der Waals surface area (Å²) in [6, 6.07) is 24.0. The van der Waals surface area contributed by atoms with E-state index >= 15 is 0 Å². The lowest BCUT2D eigenvalue weighted by atomic mass is 10.0. The topological polar surface area (TPSA) is 43.4 Å². The van der Waals surface area contributed by atoms with E-state index in [1.54, 1.807) is 0 Å². The van der Waals surface area contributed by atoms with Gasteiger partial charge in [-0.2, -0.15) is 0 Å². The molecule has 3 heteroatoms. The Labute approximate surface area is 338 Å². The molecule has 0 fully saturated rings. The van der Waals surface area contributed by atoms with Crippen LogP contribution >= 0.6 is 0 Å². The zero-order valence-electron chi connectivity index (χ0n) is 38.0. The molecule has 0 bridgehead atoms. The summed E-state index contributed by atoms with van der Waals surface area (Å²) in [6.45, 7) is 29.1. The highest BCUT2D eigenvalue weighted by Gasteiger charge is 2.12. The van der Waals surface area contributed by atoms with E-state index in [1.807, 2.05) is 13.8 Å². The molecule has 0 aromatic heterocycles. The van der Waals surface area contributed by atoms with Crippen molar-refractivity contribution in [3.8, 4) is 0 Å². The third-order valence-electron chi connectivity index (χ3n) is 8.66. The van der Waals surface area contributed by atoms with Gasteiger partial charge in [0.25, 0.3) is 0 Å². The highest BCUT2D eigenvalue weighted by atomic mass is 16.5. The van der Waals surface area contributed by atoms with Gasteiger partial charge < -0.3 is 9.53 Å². The maximum Gasteiger partial charge on any atom is 0.308 e. The number of ether oxygens (including phenoxy) is 1. The monoisotopic (exact) mass is 749 g/mol. The summed E-state index contributed by atoms with van der Waals surface area (Å²) in [4.78, 5) is 20.6. The van der Waals surface area contributed by atoms with Crippen molar-refractivity contribution >= 4 is 11.8 Å². The van der Waals surface area contributed by atoms with Gasteiger partial charge in [0.2, 0.25) is 0 Å². The van der Waals surface area contributed by atoms with Crippen LogP contribution in [0.25, 0.3) is 0 Å². The molecule has 1 unspecified atom stereocenters. The molecule has 0 aliphatic heterocycles. The molecule has 0 spiro atoms. The molecule has 3 aromatic rings. The van der Waals surface area contributed by atoms with Crippen LogP contribution in [-0.2, 0) is 20.7 Å². The number of aryl methyl sites for hydroxylation is 5. The van der Waals surface area contributed by atoms with E-state index in [4.69, 9.17) is 4.74 Å². The number of carbonyl (C=O) groups is 2. The smallest absolute Gasteiger partial charge is 0.308 e. The fourth-order valence-corrected chi connectivity index (χ4v) is 5.00. The summed E-state index contributed by atoms with van der Waals surface area (Å²) >= 11 is 0. The molecule has 54 heavy (non-hydrogen) atoms. The average Bonchev–Trinajstić information content (AvgIpc) is 3.14. The molecular weight excluding hydrogens is 661 g/mol. The highest BCUT2D eigenvalue weighted by molar-refractivity contribution is 5.72. The Morgan fingerprint density at radius 1 is 0.519 bits per heavy atom. The number of Topliss-reactive ketones (excluding diaryl/α,β-unsaturated/α-hetero) is 1. The lowest BCUT2D eigenvalue weighted by Gasteiger charge is -2.09. The second-order valence-electron chi connectivity index (χ2n) is 14.9. The van der Waals surface area contributed by atoms with Crippen LogP contribution in [-0.4, -0.2) is 18.4 Å². The van der Waals surface area contributed by atoms with Crippen LogP contribution in [0.5, 0.6) is 0 Å². The predicted molar refractivity (Wildman–Crippen MR) is 243 cm³/mol. The minimum absolute atomic E-state index is 0. The first-order valence-electron chi connectivity index (χ1n) is 21.5. The van der Waals surface area contributed by atoms with Crippen molar-refractivity contribution in [1.82, 2.24) is 0 Å². The summed E-state index contributed by atoms with van der Waals surface area (Å²) in [5.74, 6) is 0.199. The van der Waals surface area contributed by atoms with Gasteiger partial charge in [-0.3, -0.25) is 4.79 Å². The van der Waals surface area contributed by atoms with E-state index in [-0.39, 0.29) is 19.1 Å². The molecule has 0 aliphatic rings. The molecule has 0 saturated heterocycles. The van der Waals surface area contributed by atoms with Crippen molar-refractivity contribution < 1.29 is 15.8 Å². The number of hydrogen-bond donors (Lipinski definition) is 0. The Kier molecular flexibility index (Phi) is 40.3. The Morgan fingerprint density at radius 2 is 0.870 bits per heavy atom. The van der Waals surface area contributed by atoms with Crippen LogP contribution in [0.3, 0.4) is 0 Å². The standard InChI is InChI=1S/C15H16.C10H20O2.C9H12.C8H18.C6H14.C3H6O.H2/c1-12-3-7-14(8-4-12)11-15-9-5-13(2)6-10-15;1-4-6-7-8-9(3)10(11)12-5-2;1-7-4-5-8(2)9(3)6-7;1-3-5-7-8-6-4-2;1-3-5-6-4-2;1-3(2)4;/h3-10H,11H2,1-2H3;9H,4-8H2,1-3H3;4-6H,1-3H3;3-8H2,1-2H3;3-6H2,1-2H3;1-2H3;1H. The first kappa shape index (κ1) is 55.1. The number of hydrogen-bond acceptors (Lipinski definition) is 3. The van der Waals surface area contributed by atoms with Gasteiger partial charge in [-0.1, -0.05) is 208 Å². The van der Waals surface area contributed by atoms with Crippen molar-refractivity contribution in [2.75, 3.05) is 6.61 Å². The molecule has 0 heterocycles. The number of rotatable bonds is 16. The van der Waals surface area contributed by atoms with Crippen LogP contribution in [0.15, 0.2) is 66.7 Å². The van der Waals surface area contributed by atoms with E-state index in [1.165, 1.54) is 130 Å². The van der Waals surface area contributed by atoms with Crippen molar-refractivity contribution in [2.24, 2.45) is 5.92 Å². The number of unbranched alkanes of at least 4 members (excludes halogenated alkanes) is 10. The highest BCUT2D eigenvalue weighted by Crippen LogP contribution is 2.12. The Hall–Kier alpha value is -3.20. The molecule has 3 nitrogen and oxygen atoms in total. The van der Waals surface area contributed by atoms with Gasteiger partial charge in [-0.15, -0.1) is 0 Å². The molecule has 1 atom stereocenters. The summed E-state index contributed by atoms with van der Waals surface area (Å²) in [7, 11) is 0. The fourth-order valence-electron chi connectivity index (χ4n) is 5.00. The Morgan fingerprint density at radius 3 is 1.20 bits per heavy atom. The fraction of sp³-hybridized carbons (Fsp3) is 0.608. The van der Waals surface area contributed by atoms with Crippen LogP contribution in [0.2, 0.25) is 0 Å². The van der Waals surface area contributed by atoms with Gasteiger partial charge >= 0.3 is 5.97 Å². The van der Waals surface area contributed by atoms with Crippen LogP contribution in [0.4, 0.5) is 0 Å². The van der Waals surface area contributed by atoms with Crippen LogP contribution in [0, 0.1) is 40.5 Å². The van der Waals surface area contributed by atoms with Gasteiger partial charge in [-0.25, -0.2) is 0 Å². The first-order valence-corrected chi connectivity index (χ1v) is 21.5. The lowest BCUT2D eigenvalue weighted by molar-refractivity contribution is -0.147. The van der Waals surface area contributed by atoms with Gasteiger partial charge in [0.1, 0.15) is 5.78 Å². The van der Waals surface area contributed by atoms with Gasteiger partial charge in [0.15, 0.2) is 0 Å². The van der Waals surface area contributed by atoms with Crippen molar-refractivity contribution in [3.63, 3.8) is 0 Å². The van der Waals surface area contributed by atoms with E-state index in [0.29, 0.717) is 6.61 Å². The summed E-state index contributed by atoms with van der Waals surface area (Å²) in [5, 5.41) is 0. The molecule has 0 saturated carbocycles. The predicted octanol–water partition coefficient (Wildman–Crippen LogP) is 16.1. The summed E-state index contributed by atoms with van der Waals surface area (Å²) < 4.78 is 4.90. The quantitative estimate of drug-likeness (QED) is 0.108. The van der Waals surface area contributed by atoms with E-state index in [0.717, 1.165) is 19.3 Å². The number of benzene rings is 3. The van der Waals surface area contributed by atoms with Gasteiger partial charge in [-0.05, 0) is 90.5 Å². The second kappa shape index (κ2) is 39.5. The second-order valence-corrected chi connectivity index (χ2v) is 14.9. The normalized spacial score (nSPS) is 10.2. The minimum atomic E-state index is -0.0476. The number of ketones is 1. The lowest BCUT2D eigenvalue weighted by Crippen LogP contribution is -2.14. The third-order valence-corrected chi connectivity index (χ3v) is 8.66. The zero-order chi connectivity index (χ0) is 41.6. The average molecular weight is 749 g/mol. The maximum absolute atomic E-state index is 11.1. The number of esters is 1. The Balaban J connectivity index is -0.000000296. The summed E-state index contributed by atoms with van der Waals surface area (Å²) in [6.07, 6.45) is 19.6. The van der Waals surface area contributed by atoms with Crippen LogP contribution < -0.4 is 0 Å². The van der Waals surface area contributed by atoms with Crippen molar-refractivity contribution in [3.05, 3.63) is 106 Å². The molecule has 0 radical (unpaired) electrons. The molecule has 0 amide bonds. The van der Waals surface area contributed by atoms with Crippen LogP contribution in [0.1, 0.15) is 193 Å². The molecule has 0 N–H and O–H groups in total. The largest absolute Gasteiger partial charge is 0.466 e. The maximum atomic E-state index is 11.1. The SMILES string of the molecule is CC(C)=O.CCCCCC.CCCCCC(C)C(=O)OCC.CCCCCCCC.Cc1ccc(C)c(C)c1.Cc1ccc(Cc2ccc(C)cc2)cc1.[HH]. The zero-order valence-corrected chi connectivity index (χ0v) is 38.0. The van der Waals surface area contributed by atoms with E-state index in [2.05, 4.69) is 136 Å². The minimum Gasteiger partial charge on any atom is -0.466 e. The summed E-state index contributed by atoms with van der Waals surface area (Å²) in [5.41, 5.74) is 9.51. The molecule has 3 rings (SSSR count).